The summed E-state index contributed by atoms with van der Waals surface area (Å²) in [7, 11) is -0.852. The number of hydrogen-bond acceptors (Lipinski definition) is 4. The van der Waals surface area contributed by atoms with Gasteiger partial charge >= 0.3 is 0 Å². The summed E-state index contributed by atoms with van der Waals surface area (Å²) in [4.78, 5) is 0. The lowest BCUT2D eigenvalue weighted by Crippen LogP contribution is -2.22. The van der Waals surface area contributed by atoms with Gasteiger partial charge in [0, 0.05) is 34.5 Å². The molecule has 86 valence electrons. The third kappa shape index (κ3) is 3.55. The highest BCUT2D eigenvalue weighted by atomic mass is 32.2. The molecule has 0 amide bonds. The SMILES string of the molecule is CC(CS(C)=O)Nc1ccc(N)cc1C#N. The van der Waals surface area contributed by atoms with Gasteiger partial charge in [-0.05, 0) is 25.1 Å². The average molecular weight is 237 g/mol. The Morgan fingerprint density at radius 1 is 1.62 bits per heavy atom. The summed E-state index contributed by atoms with van der Waals surface area (Å²) < 4.78 is 11.0. The second-order valence-corrected chi connectivity index (χ2v) is 5.18. The van der Waals surface area contributed by atoms with Gasteiger partial charge in [0.2, 0.25) is 0 Å². The lowest BCUT2D eigenvalue weighted by atomic mass is 10.1. The van der Waals surface area contributed by atoms with E-state index in [0.29, 0.717) is 17.0 Å². The molecule has 0 aliphatic heterocycles. The van der Waals surface area contributed by atoms with Crippen LogP contribution >= 0.6 is 0 Å². The Hall–Kier alpha value is -1.54. The first-order valence-corrected chi connectivity index (χ1v) is 6.62. The molecule has 1 aromatic carbocycles. The zero-order chi connectivity index (χ0) is 12.1. The standard InChI is InChI=1S/C11H15N3OS/c1-8(7-16(2)15)14-11-4-3-10(13)5-9(11)6-12/h3-5,8,14H,7,13H2,1-2H3. The summed E-state index contributed by atoms with van der Waals surface area (Å²) in [5.74, 6) is 0.551. The molecule has 3 N–H and O–H groups in total. The van der Waals surface area contributed by atoms with E-state index < -0.39 is 10.8 Å². The Balaban J connectivity index is 2.81. The minimum Gasteiger partial charge on any atom is -0.399 e. The fourth-order valence-corrected chi connectivity index (χ4v) is 2.23. The van der Waals surface area contributed by atoms with Gasteiger partial charge in [-0.15, -0.1) is 0 Å². The lowest BCUT2D eigenvalue weighted by molar-refractivity contribution is 0.683. The van der Waals surface area contributed by atoms with Crippen molar-refractivity contribution in [2.75, 3.05) is 23.1 Å². The van der Waals surface area contributed by atoms with Gasteiger partial charge < -0.3 is 11.1 Å². The largest absolute Gasteiger partial charge is 0.399 e. The number of anilines is 2. The van der Waals surface area contributed by atoms with E-state index in [4.69, 9.17) is 11.0 Å². The van der Waals surface area contributed by atoms with E-state index in [-0.39, 0.29) is 6.04 Å². The highest BCUT2D eigenvalue weighted by molar-refractivity contribution is 7.84. The topological polar surface area (TPSA) is 78.9 Å². The Morgan fingerprint density at radius 2 is 2.31 bits per heavy atom. The number of nitrogens with one attached hydrogen (secondary N) is 1. The molecule has 0 aliphatic rings. The van der Waals surface area contributed by atoms with E-state index in [9.17, 15) is 4.21 Å². The molecule has 1 aromatic rings. The lowest BCUT2D eigenvalue weighted by Gasteiger charge is -2.15. The van der Waals surface area contributed by atoms with E-state index >= 15 is 0 Å². The summed E-state index contributed by atoms with van der Waals surface area (Å²) in [5.41, 5.74) is 7.39. The van der Waals surface area contributed by atoms with Crippen LogP contribution < -0.4 is 11.1 Å². The van der Waals surface area contributed by atoms with Crippen molar-refractivity contribution < 1.29 is 4.21 Å². The third-order valence-electron chi connectivity index (χ3n) is 2.05. The fourth-order valence-electron chi connectivity index (χ4n) is 1.44. The summed E-state index contributed by atoms with van der Waals surface area (Å²) in [6.45, 7) is 1.93. The smallest absolute Gasteiger partial charge is 0.101 e. The van der Waals surface area contributed by atoms with Crippen molar-refractivity contribution in [1.82, 2.24) is 0 Å². The molecule has 0 aliphatic carbocycles. The molecule has 5 heteroatoms. The number of nitrogens with two attached hydrogens (primary N) is 1. The van der Waals surface area contributed by atoms with Crippen LogP contribution in [0.3, 0.4) is 0 Å². The predicted octanol–water partition coefficient (Wildman–Crippen LogP) is 1.32. The van der Waals surface area contributed by atoms with Gasteiger partial charge in [0.15, 0.2) is 0 Å². The molecule has 0 radical (unpaired) electrons. The van der Waals surface area contributed by atoms with Crippen LogP contribution in [-0.4, -0.2) is 22.3 Å². The molecule has 4 nitrogen and oxygen atoms in total. The highest BCUT2D eigenvalue weighted by Crippen LogP contribution is 2.18. The highest BCUT2D eigenvalue weighted by Gasteiger charge is 2.07. The van der Waals surface area contributed by atoms with Gasteiger partial charge in [0.25, 0.3) is 0 Å². The maximum atomic E-state index is 11.0. The Kier molecular flexibility index (Phi) is 4.32. The van der Waals surface area contributed by atoms with Crippen molar-refractivity contribution in [3.63, 3.8) is 0 Å². The maximum Gasteiger partial charge on any atom is 0.101 e. The maximum absolute atomic E-state index is 11.0. The number of rotatable bonds is 4. The minimum absolute atomic E-state index is 0.0570. The van der Waals surface area contributed by atoms with E-state index in [1.165, 1.54) is 0 Å². The van der Waals surface area contributed by atoms with Crippen LogP contribution in [0.4, 0.5) is 11.4 Å². The van der Waals surface area contributed by atoms with Gasteiger partial charge in [-0.3, -0.25) is 4.21 Å². The zero-order valence-electron chi connectivity index (χ0n) is 9.36. The van der Waals surface area contributed by atoms with Crippen LogP contribution in [0.1, 0.15) is 12.5 Å². The minimum atomic E-state index is -0.852. The van der Waals surface area contributed by atoms with Crippen LogP contribution in [0, 0.1) is 11.3 Å². The molecule has 2 unspecified atom stereocenters. The normalized spacial score (nSPS) is 13.8. The van der Waals surface area contributed by atoms with Gasteiger partial charge in [0.1, 0.15) is 6.07 Å². The quantitative estimate of drug-likeness (QED) is 0.774. The van der Waals surface area contributed by atoms with Crippen molar-refractivity contribution in [3.05, 3.63) is 23.8 Å². The summed E-state index contributed by atoms with van der Waals surface area (Å²) in [6.07, 6.45) is 1.66. The van der Waals surface area contributed by atoms with Gasteiger partial charge in [0.05, 0.1) is 11.3 Å². The number of benzene rings is 1. The molecular weight excluding hydrogens is 222 g/mol. The Labute approximate surface area is 97.9 Å². The number of hydrogen-bond donors (Lipinski definition) is 2. The van der Waals surface area contributed by atoms with E-state index in [1.807, 2.05) is 6.92 Å². The monoisotopic (exact) mass is 237 g/mol. The first kappa shape index (κ1) is 12.5. The summed E-state index contributed by atoms with van der Waals surface area (Å²) in [5, 5.41) is 12.1. The molecule has 2 atom stereocenters. The number of nitrogens with zero attached hydrogens (tertiary/aromatic N) is 1. The van der Waals surface area contributed by atoms with Crippen molar-refractivity contribution in [1.29, 1.82) is 5.26 Å². The summed E-state index contributed by atoms with van der Waals surface area (Å²) in [6, 6.07) is 7.26. The summed E-state index contributed by atoms with van der Waals surface area (Å²) >= 11 is 0. The molecular formula is C11H15N3OS. The van der Waals surface area contributed by atoms with Crippen molar-refractivity contribution >= 4 is 22.2 Å². The third-order valence-corrected chi connectivity index (χ3v) is 3.02. The Bertz CT molecular complexity index is 439. The second kappa shape index (κ2) is 5.52. The van der Waals surface area contributed by atoms with Crippen LogP contribution in [0.15, 0.2) is 18.2 Å². The van der Waals surface area contributed by atoms with Gasteiger partial charge in [-0.1, -0.05) is 0 Å². The molecule has 0 heterocycles. The average Bonchev–Trinajstić information content (AvgIpc) is 2.19. The Morgan fingerprint density at radius 3 is 2.88 bits per heavy atom. The van der Waals surface area contributed by atoms with Crippen molar-refractivity contribution in [2.24, 2.45) is 0 Å². The van der Waals surface area contributed by atoms with Gasteiger partial charge in [-0.2, -0.15) is 5.26 Å². The first-order chi connectivity index (χ1) is 7.52. The van der Waals surface area contributed by atoms with Crippen molar-refractivity contribution in [3.8, 4) is 6.07 Å². The second-order valence-electron chi connectivity index (χ2n) is 3.70. The molecule has 1 rings (SSSR count). The molecule has 0 saturated carbocycles. The van der Waals surface area contributed by atoms with E-state index in [1.54, 1.807) is 24.5 Å². The van der Waals surface area contributed by atoms with Crippen LogP contribution in [0.5, 0.6) is 0 Å². The van der Waals surface area contributed by atoms with E-state index in [0.717, 1.165) is 5.69 Å². The fraction of sp³-hybridized carbons (Fsp3) is 0.364. The van der Waals surface area contributed by atoms with Gasteiger partial charge in [-0.25, -0.2) is 0 Å². The van der Waals surface area contributed by atoms with Crippen LogP contribution in [0.25, 0.3) is 0 Å². The van der Waals surface area contributed by atoms with E-state index in [2.05, 4.69) is 11.4 Å². The number of nitrogen functional groups attached to an aromatic ring is 1. The first-order valence-electron chi connectivity index (χ1n) is 4.89. The number of nitriles is 1. The molecule has 0 bridgehead atoms. The van der Waals surface area contributed by atoms with Crippen molar-refractivity contribution in [2.45, 2.75) is 13.0 Å². The molecule has 0 spiro atoms. The predicted molar refractivity (Wildman–Crippen MR) is 67.6 cm³/mol. The molecule has 0 saturated heterocycles. The van der Waals surface area contributed by atoms with Crippen LogP contribution in [-0.2, 0) is 10.8 Å². The molecule has 0 aromatic heterocycles. The van der Waals surface area contributed by atoms with Crippen LogP contribution in [0.2, 0.25) is 0 Å². The molecule has 0 fully saturated rings. The molecule has 16 heavy (non-hydrogen) atoms. The zero-order valence-corrected chi connectivity index (χ0v) is 10.2.